The molecule has 1 amide bonds. The third-order valence-corrected chi connectivity index (χ3v) is 10.1. The zero-order valence-corrected chi connectivity index (χ0v) is 29.1. The summed E-state index contributed by atoms with van der Waals surface area (Å²) in [5.41, 5.74) is 2.57. The number of pyridine rings is 1. The third kappa shape index (κ3) is 8.63. The van der Waals surface area contributed by atoms with Crippen LogP contribution in [0.15, 0.2) is 96.0 Å². The highest BCUT2D eigenvalue weighted by Gasteiger charge is 2.28. The number of aryl methyl sites for hydroxylation is 1. The SMILES string of the molecule is Cn1c(C(=O)N2CCN(Cc3ccc(OCC(F)(F)F)cc3)CC2)cc2ccc(Oc3ccc(NS(=O)(=O)c4ccc(I)cc4)cn3)cc21. The molecule has 5 aromatic rings. The maximum atomic E-state index is 13.5. The van der Waals surface area contributed by atoms with Gasteiger partial charge in [-0.15, -0.1) is 0 Å². The second-order valence-corrected chi connectivity index (χ2v) is 14.4. The van der Waals surface area contributed by atoms with Gasteiger partial charge in [0, 0.05) is 60.9 Å². The Balaban J connectivity index is 1.04. The third-order valence-electron chi connectivity index (χ3n) is 7.96. The van der Waals surface area contributed by atoms with Gasteiger partial charge in [-0.1, -0.05) is 12.1 Å². The normalized spacial score (nSPS) is 14.2. The number of rotatable bonds is 10. The lowest BCUT2D eigenvalue weighted by Gasteiger charge is -2.34. The molecule has 10 nitrogen and oxygen atoms in total. The maximum Gasteiger partial charge on any atom is 0.422 e. The number of carbonyl (C=O) groups excluding carboxylic acids is 1. The molecular formula is C34H31F3IN5O5S. The van der Waals surface area contributed by atoms with Crippen LogP contribution in [0, 0.1) is 3.57 Å². The first-order valence-electron chi connectivity index (χ1n) is 15.1. The Bertz CT molecular complexity index is 2050. The molecule has 1 aliphatic rings. The number of benzene rings is 3. The second-order valence-electron chi connectivity index (χ2n) is 11.5. The largest absolute Gasteiger partial charge is 0.484 e. The highest BCUT2D eigenvalue weighted by atomic mass is 127. The van der Waals surface area contributed by atoms with E-state index in [1.54, 1.807) is 42.5 Å². The number of hydrogen-bond donors (Lipinski definition) is 1. The number of carbonyl (C=O) groups is 1. The number of aromatic nitrogens is 2. The molecule has 1 aliphatic heterocycles. The van der Waals surface area contributed by atoms with Gasteiger partial charge in [0.05, 0.1) is 22.3 Å². The fourth-order valence-corrected chi connectivity index (χ4v) is 6.82. The zero-order valence-electron chi connectivity index (χ0n) is 26.2. The summed E-state index contributed by atoms with van der Waals surface area (Å²) < 4.78 is 78.6. The molecule has 6 rings (SSSR count). The predicted octanol–water partition coefficient (Wildman–Crippen LogP) is 6.67. The summed E-state index contributed by atoms with van der Waals surface area (Å²) in [5.74, 6) is 0.848. The van der Waals surface area contributed by atoms with Crippen molar-refractivity contribution in [3.63, 3.8) is 0 Å². The van der Waals surface area contributed by atoms with E-state index >= 15 is 0 Å². The van der Waals surface area contributed by atoms with Gasteiger partial charge in [0.25, 0.3) is 15.9 Å². The van der Waals surface area contributed by atoms with E-state index in [1.165, 1.54) is 30.5 Å². The van der Waals surface area contributed by atoms with Gasteiger partial charge in [0.2, 0.25) is 5.88 Å². The first kappa shape index (κ1) is 34.5. The Kier molecular flexibility index (Phi) is 10.0. The summed E-state index contributed by atoms with van der Waals surface area (Å²) in [6.45, 7) is 1.65. The van der Waals surface area contributed by atoms with Crippen molar-refractivity contribution >= 4 is 55.1 Å². The van der Waals surface area contributed by atoms with Crippen LogP contribution in [0.1, 0.15) is 16.1 Å². The van der Waals surface area contributed by atoms with Gasteiger partial charge >= 0.3 is 6.18 Å². The molecule has 1 saturated heterocycles. The van der Waals surface area contributed by atoms with Crippen LogP contribution in [-0.4, -0.2) is 72.6 Å². The summed E-state index contributed by atoms with van der Waals surface area (Å²) in [7, 11) is -1.94. The number of hydrogen-bond acceptors (Lipinski definition) is 7. The Morgan fingerprint density at radius 3 is 2.27 bits per heavy atom. The van der Waals surface area contributed by atoms with Crippen molar-refractivity contribution in [2.75, 3.05) is 37.5 Å². The molecular weight excluding hydrogens is 774 g/mol. The van der Waals surface area contributed by atoms with Gasteiger partial charge in [0.1, 0.15) is 17.2 Å². The topological polar surface area (TPSA) is 106 Å². The highest BCUT2D eigenvalue weighted by molar-refractivity contribution is 14.1. The van der Waals surface area contributed by atoms with Gasteiger partial charge < -0.3 is 18.9 Å². The first-order chi connectivity index (χ1) is 23.3. The van der Waals surface area contributed by atoms with Gasteiger partial charge in [0.15, 0.2) is 6.61 Å². The lowest BCUT2D eigenvalue weighted by molar-refractivity contribution is -0.153. The molecule has 3 heterocycles. The Labute approximate surface area is 294 Å². The fraction of sp³-hybridized carbons (Fsp3) is 0.235. The summed E-state index contributed by atoms with van der Waals surface area (Å²) in [5, 5.41) is 0.868. The molecule has 2 aromatic heterocycles. The minimum Gasteiger partial charge on any atom is -0.484 e. The molecule has 0 atom stereocenters. The van der Waals surface area contributed by atoms with Gasteiger partial charge in [-0.05, 0) is 88.8 Å². The molecule has 0 spiro atoms. The van der Waals surface area contributed by atoms with Crippen molar-refractivity contribution in [1.82, 2.24) is 19.4 Å². The molecule has 0 radical (unpaired) electrons. The van der Waals surface area contributed by atoms with E-state index in [4.69, 9.17) is 9.47 Å². The van der Waals surface area contributed by atoms with Crippen molar-refractivity contribution in [3.05, 3.63) is 106 Å². The number of amides is 1. The molecule has 256 valence electrons. The van der Waals surface area contributed by atoms with Gasteiger partial charge in [-0.25, -0.2) is 13.4 Å². The summed E-state index contributed by atoms with van der Waals surface area (Å²) in [4.78, 5) is 21.9. The van der Waals surface area contributed by atoms with E-state index in [1.807, 2.05) is 34.7 Å². The Morgan fingerprint density at radius 2 is 1.61 bits per heavy atom. The minimum absolute atomic E-state index is 0.0862. The number of nitrogens with zero attached hydrogens (tertiary/aromatic N) is 4. The van der Waals surface area contributed by atoms with Crippen molar-refractivity contribution in [1.29, 1.82) is 0 Å². The first-order valence-corrected chi connectivity index (χ1v) is 17.7. The number of anilines is 1. The molecule has 0 saturated carbocycles. The summed E-state index contributed by atoms with van der Waals surface area (Å²) >= 11 is 2.11. The average molecular weight is 806 g/mol. The lowest BCUT2D eigenvalue weighted by Crippen LogP contribution is -2.48. The molecule has 15 heteroatoms. The molecule has 0 aliphatic carbocycles. The number of alkyl halides is 3. The number of sulfonamides is 1. The van der Waals surface area contributed by atoms with E-state index in [0.29, 0.717) is 49.9 Å². The van der Waals surface area contributed by atoms with E-state index in [-0.39, 0.29) is 22.4 Å². The molecule has 3 aromatic carbocycles. The van der Waals surface area contributed by atoms with E-state index in [0.717, 1.165) is 20.0 Å². The molecule has 49 heavy (non-hydrogen) atoms. The van der Waals surface area contributed by atoms with Crippen LogP contribution in [0.2, 0.25) is 0 Å². The Hall–Kier alpha value is -4.35. The average Bonchev–Trinajstić information content (AvgIpc) is 3.40. The summed E-state index contributed by atoms with van der Waals surface area (Å²) in [6.07, 6.45) is -3.01. The number of halogens is 4. The Morgan fingerprint density at radius 1 is 0.918 bits per heavy atom. The highest BCUT2D eigenvalue weighted by Crippen LogP contribution is 2.28. The zero-order chi connectivity index (χ0) is 34.8. The number of ether oxygens (including phenoxy) is 2. The van der Waals surface area contributed by atoms with Crippen LogP contribution in [0.25, 0.3) is 10.9 Å². The number of nitrogens with one attached hydrogen (secondary N) is 1. The van der Waals surface area contributed by atoms with E-state index in [9.17, 15) is 26.4 Å². The van der Waals surface area contributed by atoms with Crippen LogP contribution >= 0.6 is 22.6 Å². The predicted molar refractivity (Wildman–Crippen MR) is 186 cm³/mol. The van der Waals surface area contributed by atoms with Crippen molar-refractivity contribution < 1.29 is 35.9 Å². The van der Waals surface area contributed by atoms with Gasteiger partial charge in [-0.3, -0.25) is 14.4 Å². The standard InChI is InChI=1S/C34H31F3IN5O5S/c1-41-30-19-28(48-32-13-7-26(20-39-32)40-49(45,46)29-11-5-25(38)6-12-29)10-4-24(30)18-31(41)33(44)43-16-14-42(15-17-43)21-23-2-8-27(9-3-23)47-22-34(35,36)37/h2-13,18-20,40H,14-17,21-22H2,1H3. The second kappa shape index (κ2) is 14.2. The van der Waals surface area contributed by atoms with Crippen LogP contribution in [0.5, 0.6) is 17.4 Å². The monoisotopic (exact) mass is 805 g/mol. The minimum atomic E-state index is -4.39. The molecule has 1 fully saturated rings. The fourth-order valence-electron chi connectivity index (χ4n) is 5.41. The van der Waals surface area contributed by atoms with E-state index in [2.05, 4.69) is 37.2 Å². The quantitative estimate of drug-likeness (QED) is 0.157. The smallest absolute Gasteiger partial charge is 0.422 e. The van der Waals surface area contributed by atoms with Crippen LogP contribution in [0.3, 0.4) is 0 Å². The number of fused-ring (bicyclic) bond motifs is 1. The van der Waals surface area contributed by atoms with E-state index < -0.39 is 22.8 Å². The molecule has 0 unspecified atom stereocenters. The van der Waals surface area contributed by atoms with Crippen LogP contribution in [-0.2, 0) is 23.6 Å². The molecule has 1 N–H and O–H groups in total. The number of piperazine rings is 1. The van der Waals surface area contributed by atoms with Gasteiger partial charge in [-0.2, -0.15) is 13.2 Å². The van der Waals surface area contributed by atoms with Crippen molar-refractivity contribution in [2.24, 2.45) is 7.05 Å². The maximum absolute atomic E-state index is 13.5. The molecule has 0 bridgehead atoms. The van der Waals surface area contributed by atoms with Crippen LogP contribution in [0.4, 0.5) is 18.9 Å². The van der Waals surface area contributed by atoms with Crippen molar-refractivity contribution in [3.8, 4) is 17.4 Å². The van der Waals surface area contributed by atoms with Crippen LogP contribution < -0.4 is 14.2 Å². The summed E-state index contributed by atoms with van der Waals surface area (Å²) in [6, 6.07) is 23.5. The lowest BCUT2D eigenvalue weighted by atomic mass is 10.2. The van der Waals surface area contributed by atoms with Crippen molar-refractivity contribution in [2.45, 2.75) is 17.6 Å².